The number of ether oxygens (including phenoxy) is 1. The smallest absolute Gasteiger partial charge is 0.310 e. The summed E-state index contributed by atoms with van der Waals surface area (Å²) in [6, 6.07) is 7.75. The molecule has 1 heterocycles. The van der Waals surface area contributed by atoms with Crippen LogP contribution in [0.2, 0.25) is 0 Å². The normalized spacial score (nSPS) is 14.6. The van der Waals surface area contributed by atoms with Crippen LogP contribution >= 0.6 is 0 Å². The van der Waals surface area contributed by atoms with E-state index in [0.717, 1.165) is 17.8 Å². The van der Waals surface area contributed by atoms with Crippen LogP contribution in [0.25, 0.3) is 0 Å². The lowest BCUT2D eigenvalue weighted by atomic mass is 10.1. The minimum atomic E-state index is -0.192. The molecule has 0 radical (unpaired) electrons. The van der Waals surface area contributed by atoms with Crippen molar-refractivity contribution in [2.45, 2.75) is 13.3 Å². The molecule has 0 saturated carbocycles. The number of rotatable bonds is 4. The number of carbonyl (C=O) groups is 1. The fraction of sp³-hybridized carbons (Fsp3) is 0.357. The Kier molecular flexibility index (Phi) is 4.36. The highest BCUT2D eigenvalue weighted by Gasteiger charge is 2.09. The van der Waals surface area contributed by atoms with Crippen LogP contribution in [0.15, 0.2) is 36.4 Å². The first-order valence-corrected chi connectivity index (χ1v) is 6.09. The van der Waals surface area contributed by atoms with Crippen molar-refractivity contribution in [3.8, 4) is 0 Å². The number of hydrogen-bond donors (Lipinski definition) is 0. The third kappa shape index (κ3) is 3.34. The fourth-order valence-corrected chi connectivity index (χ4v) is 1.76. The summed E-state index contributed by atoms with van der Waals surface area (Å²) in [5.74, 6) is -0.192. The van der Waals surface area contributed by atoms with Crippen molar-refractivity contribution in [3.63, 3.8) is 0 Å². The molecular weight excluding hydrogens is 230 g/mol. The summed E-state index contributed by atoms with van der Waals surface area (Å²) in [6.07, 6.45) is 4.37. The molecule has 1 aliphatic heterocycles. The second-order valence-electron chi connectivity index (χ2n) is 3.98. The van der Waals surface area contributed by atoms with E-state index in [0.29, 0.717) is 19.6 Å². The molecule has 0 aliphatic carbocycles. The summed E-state index contributed by atoms with van der Waals surface area (Å²) in [4.78, 5) is 16.8. The quantitative estimate of drug-likeness (QED) is 0.603. The molecule has 0 atom stereocenters. The summed E-state index contributed by atoms with van der Waals surface area (Å²) >= 11 is 0. The van der Waals surface area contributed by atoms with E-state index in [1.165, 1.54) is 0 Å². The summed E-state index contributed by atoms with van der Waals surface area (Å²) in [6.45, 7) is 3.58. The van der Waals surface area contributed by atoms with Gasteiger partial charge in [-0.15, -0.1) is 0 Å². The van der Waals surface area contributed by atoms with Crippen molar-refractivity contribution < 1.29 is 14.4 Å². The van der Waals surface area contributed by atoms with Crippen molar-refractivity contribution in [2.75, 3.05) is 24.8 Å². The molecule has 1 aliphatic rings. The van der Waals surface area contributed by atoms with Crippen LogP contribution in [-0.2, 0) is 20.8 Å². The Morgan fingerprint density at radius 1 is 1.33 bits per heavy atom. The van der Waals surface area contributed by atoms with E-state index in [2.05, 4.69) is 6.08 Å². The number of nitrogens with zero attached hydrogens (tertiary/aromatic N) is 1. The summed E-state index contributed by atoms with van der Waals surface area (Å²) in [5, 5.41) is 1.83. The zero-order valence-electron chi connectivity index (χ0n) is 10.5. The van der Waals surface area contributed by atoms with Gasteiger partial charge >= 0.3 is 5.97 Å². The maximum atomic E-state index is 11.3. The van der Waals surface area contributed by atoms with Crippen LogP contribution in [0, 0.1) is 0 Å². The molecule has 0 spiro atoms. The van der Waals surface area contributed by atoms with Crippen molar-refractivity contribution in [3.05, 3.63) is 42.0 Å². The first kappa shape index (κ1) is 12.6. The molecular formula is C14H17NO3. The van der Waals surface area contributed by atoms with E-state index < -0.39 is 0 Å². The maximum absolute atomic E-state index is 11.3. The van der Waals surface area contributed by atoms with Crippen LogP contribution in [0.5, 0.6) is 0 Å². The predicted octanol–water partition coefficient (Wildman–Crippen LogP) is 2.10. The molecule has 0 saturated heterocycles. The van der Waals surface area contributed by atoms with Gasteiger partial charge < -0.3 is 4.74 Å². The Hall–Kier alpha value is -1.81. The lowest BCUT2D eigenvalue weighted by Gasteiger charge is -2.24. The minimum absolute atomic E-state index is 0.192. The van der Waals surface area contributed by atoms with Gasteiger partial charge in [0, 0.05) is 0 Å². The Labute approximate surface area is 107 Å². The minimum Gasteiger partial charge on any atom is -0.466 e. The van der Waals surface area contributed by atoms with Crippen molar-refractivity contribution in [2.24, 2.45) is 0 Å². The third-order valence-electron chi connectivity index (χ3n) is 2.64. The van der Waals surface area contributed by atoms with Crippen molar-refractivity contribution >= 4 is 11.7 Å². The number of hydrogen-bond acceptors (Lipinski definition) is 4. The highest BCUT2D eigenvalue weighted by molar-refractivity contribution is 5.72. The maximum Gasteiger partial charge on any atom is 0.310 e. The van der Waals surface area contributed by atoms with Gasteiger partial charge in [0.1, 0.15) is 0 Å². The second-order valence-corrected chi connectivity index (χ2v) is 3.98. The number of anilines is 1. The largest absolute Gasteiger partial charge is 0.466 e. The molecule has 0 fully saturated rings. The molecule has 0 unspecified atom stereocenters. The molecule has 1 aromatic rings. The molecule has 4 heteroatoms. The van der Waals surface area contributed by atoms with Crippen LogP contribution in [0.1, 0.15) is 12.5 Å². The number of carbonyl (C=O) groups excluding carboxylic acids is 1. The molecule has 2 rings (SSSR count). The van der Waals surface area contributed by atoms with E-state index in [9.17, 15) is 4.79 Å². The van der Waals surface area contributed by atoms with Gasteiger partial charge in [-0.3, -0.25) is 14.7 Å². The van der Waals surface area contributed by atoms with Gasteiger partial charge in [0.25, 0.3) is 0 Å². The zero-order valence-corrected chi connectivity index (χ0v) is 10.5. The number of hydroxylamine groups is 1. The molecule has 0 amide bonds. The second kappa shape index (κ2) is 6.21. The monoisotopic (exact) mass is 247 g/mol. The first-order valence-electron chi connectivity index (χ1n) is 6.09. The highest BCUT2D eigenvalue weighted by atomic mass is 16.7. The lowest BCUT2D eigenvalue weighted by Crippen LogP contribution is -2.26. The Balaban J connectivity index is 1.96. The molecule has 18 heavy (non-hydrogen) atoms. The van der Waals surface area contributed by atoms with Gasteiger partial charge in [0.05, 0.1) is 31.9 Å². The first-order chi connectivity index (χ1) is 8.79. The van der Waals surface area contributed by atoms with E-state index in [1.54, 1.807) is 0 Å². The SMILES string of the molecule is CCOC(=O)Cc1ccc(N2CC=CCO2)cc1. The molecule has 0 bridgehead atoms. The lowest BCUT2D eigenvalue weighted by molar-refractivity contribution is -0.142. The molecule has 0 aromatic heterocycles. The summed E-state index contributed by atoms with van der Waals surface area (Å²) in [7, 11) is 0. The van der Waals surface area contributed by atoms with E-state index in [-0.39, 0.29) is 5.97 Å². The van der Waals surface area contributed by atoms with Crippen LogP contribution in [-0.4, -0.2) is 25.7 Å². The molecule has 0 N–H and O–H groups in total. The van der Waals surface area contributed by atoms with Gasteiger partial charge in [0.2, 0.25) is 0 Å². The van der Waals surface area contributed by atoms with Crippen LogP contribution in [0.4, 0.5) is 5.69 Å². The van der Waals surface area contributed by atoms with Gasteiger partial charge in [-0.1, -0.05) is 24.3 Å². The van der Waals surface area contributed by atoms with E-state index >= 15 is 0 Å². The van der Waals surface area contributed by atoms with Crippen molar-refractivity contribution in [1.82, 2.24) is 0 Å². The molecule has 96 valence electrons. The molecule has 1 aromatic carbocycles. The molecule has 4 nitrogen and oxygen atoms in total. The Morgan fingerprint density at radius 3 is 2.72 bits per heavy atom. The average Bonchev–Trinajstić information content (AvgIpc) is 2.41. The van der Waals surface area contributed by atoms with Gasteiger partial charge in [-0.25, -0.2) is 0 Å². The standard InChI is InChI=1S/C14H17NO3/c1-2-17-14(16)11-12-5-7-13(8-6-12)15-9-3-4-10-18-15/h3-8H,2,9-11H2,1H3. The topological polar surface area (TPSA) is 38.8 Å². The number of benzene rings is 1. The summed E-state index contributed by atoms with van der Waals surface area (Å²) in [5.41, 5.74) is 1.94. The number of esters is 1. The predicted molar refractivity (Wildman–Crippen MR) is 69.2 cm³/mol. The van der Waals surface area contributed by atoms with Gasteiger partial charge in [-0.2, -0.15) is 0 Å². The Morgan fingerprint density at radius 2 is 2.11 bits per heavy atom. The van der Waals surface area contributed by atoms with Gasteiger partial charge in [0.15, 0.2) is 0 Å². The van der Waals surface area contributed by atoms with E-state index in [4.69, 9.17) is 9.57 Å². The third-order valence-corrected chi connectivity index (χ3v) is 2.64. The van der Waals surface area contributed by atoms with Crippen LogP contribution in [0.3, 0.4) is 0 Å². The Bertz CT molecular complexity index is 425. The van der Waals surface area contributed by atoms with Gasteiger partial charge in [-0.05, 0) is 24.6 Å². The zero-order chi connectivity index (χ0) is 12.8. The van der Waals surface area contributed by atoms with E-state index in [1.807, 2.05) is 42.3 Å². The highest BCUT2D eigenvalue weighted by Crippen LogP contribution is 2.17. The average molecular weight is 247 g/mol. The summed E-state index contributed by atoms with van der Waals surface area (Å²) < 4.78 is 4.91. The van der Waals surface area contributed by atoms with Crippen LogP contribution < -0.4 is 5.06 Å². The fourth-order valence-electron chi connectivity index (χ4n) is 1.76. The van der Waals surface area contributed by atoms with Crippen molar-refractivity contribution in [1.29, 1.82) is 0 Å².